The van der Waals surface area contributed by atoms with Crippen molar-refractivity contribution in [3.8, 4) is 0 Å². The maximum atomic E-state index is 10.5. The molecular weight excluding hydrogens is 196 g/mol. The van der Waals surface area contributed by atoms with Gasteiger partial charge in [-0.15, -0.1) is 0 Å². The maximum absolute atomic E-state index is 10.5. The lowest BCUT2D eigenvalue weighted by atomic mass is 10.3. The van der Waals surface area contributed by atoms with E-state index in [4.69, 9.17) is 9.84 Å². The van der Waals surface area contributed by atoms with E-state index in [1.807, 2.05) is 20.0 Å². The Morgan fingerprint density at radius 3 is 2.87 bits per heavy atom. The molecule has 1 N–H and O–H groups in total. The summed E-state index contributed by atoms with van der Waals surface area (Å²) in [5, 5.41) is 12.9. The van der Waals surface area contributed by atoms with E-state index in [0.29, 0.717) is 0 Å². The van der Waals surface area contributed by atoms with Crippen LogP contribution in [0.1, 0.15) is 25.2 Å². The van der Waals surface area contributed by atoms with Crippen molar-refractivity contribution in [2.24, 2.45) is 7.05 Å². The molecule has 0 radical (unpaired) electrons. The second-order valence-electron chi connectivity index (χ2n) is 3.40. The zero-order chi connectivity index (χ0) is 11.4. The van der Waals surface area contributed by atoms with Crippen molar-refractivity contribution >= 4 is 5.97 Å². The van der Waals surface area contributed by atoms with Gasteiger partial charge in [0.25, 0.3) is 0 Å². The molecule has 0 saturated carbocycles. The Hall–Kier alpha value is -1.36. The van der Waals surface area contributed by atoms with E-state index in [-0.39, 0.29) is 6.61 Å². The van der Waals surface area contributed by atoms with Gasteiger partial charge in [-0.3, -0.25) is 4.68 Å². The molecule has 1 aromatic rings. The highest BCUT2D eigenvalue weighted by Crippen LogP contribution is 2.06. The summed E-state index contributed by atoms with van der Waals surface area (Å²) < 4.78 is 6.88. The number of carboxylic acid groups (broad SMARTS) is 1. The van der Waals surface area contributed by atoms with Crippen molar-refractivity contribution < 1.29 is 14.6 Å². The summed E-state index contributed by atoms with van der Waals surface area (Å²) in [7, 11) is 1.82. The van der Waals surface area contributed by atoms with Gasteiger partial charge in [0.2, 0.25) is 0 Å². The van der Waals surface area contributed by atoms with Gasteiger partial charge >= 0.3 is 5.97 Å². The molecule has 1 rings (SSSR count). The number of ether oxygens (including phenoxy) is 1. The highest BCUT2D eigenvalue weighted by atomic mass is 16.5. The van der Waals surface area contributed by atoms with Gasteiger partial charge in [0.05, 0.1) is 18.0 Å². The van der Waals surface area contributed by atoms with Crippen LogP contribution in [0.25, 0.3) is 0 Å². The maximum Gasteiger partial charge on any atom is 0.332 e. The Labute approximate surface area is 88.7 Å². The molecule has 0 spiro atoms. The lowest BCUT2D eigenvalue weighted by Crippen LogP contribution is -2.20. The molecule has 0 saturated heterocycles. The molecule has 84 valence electrons. The summed E-state index contributed by atoms with van der Waals surface area (Å²) in [4.78, 5) is 10.5. The highest BCUT2D eigenvalue weighted by molar-refractivity contribution is 5.71. The third-order valence-corrected chi connectivity index (χ3v) is 2.22. The Balaban J connectivity index is 2.57. The van der Waals surface area contributed by atoms with E-state index in [1.165, 1.54) is 6.92 Å². The minimum absolute atomic E-state index is 0.275. The van der Waals surface area contributed by atoms with Crippen LogP contribution in [-0.4, -0.2) is 27.0 Å². The van der Waals surface area contributed by atoms with Gasteiger partial charge in [0.15, 0.2) is 6.10 Å². The van der Waals surface area contributed by atoms with Crippen LogP contribution in [0, 0.1) is 0 Å². The van der Waals surface area contributed by atoms with Gasteiger partial charge in [-0.05, 0) is 19.4 Å². The van der Waals surface area contributed by atoms with Crippen molar-refractivity contribution in [1.82, 2.24) is 9.78 Å². The number of carboxylic acids is 1. The number of carbonyl (C=O) groups is 1. The third kappa shape index (κ3) is 3.06. The van der Waals surface area contributed by atoms with Crippen LogP contribution in [0.3, 0.4) is 0 Å². The van der Waals surface area contributed by atoms with Crippen molar-refractivity contribution in [1.29, 1.82) is 0 Å². The van der Waals surface area contributed by atoms with Crippen molar-refractivity contribution in [3.05, 3.63) is 17.5 Å². The summed E-state index contributed by atoms with van der Waals surface area (Å²) in [6, 6.07) is 1.93. The predicted molar refractivity (Wildman–Crippen MR) is 54.5 cm³/mol. The summed E-state index contributed by atoms with van der Waals surface area (Å²) in [6.07, 6.45) is 0.0764. The zero-order valence-electron chi connectivity index (χ0n) is 9.23. The molecule has 0 aliphatic carbocycles. The van der Waals surface area contributed by atoms with E-state index >= 15 is 0 Å². The Bertz CT molecular complexity index is 346. The first kappa shape index (κ1) is 11.7. The summed E-state index contributed by atoms with van der Waals surface area (Å²) >= 11 is 0. The van der Waals surface area contributed by atoms with Gasteiger partial charge in [0, 0.05) is 7.05 Å². The normalized spacial score (nSPS) is 12.7. The Morgan fingerprint density at radius 2 is 2.40 bits per heavy atom. The van der Waals surface area contributed by atoms with Crippen LogP contribution in [-0.2, 0) is 29.6 Å². The second kappa shape index (κ2) is 4.93. The SMILES string of the molecule is CCc1cc(COC(C)C(=O)O)n(C)n1. The predicted octanol–water partition coefficient (Wildman–Crippen LogP) is 0.972. The van der Waals surface area contributed by atoms with Crippen LogP contribution < -0.4 is 0 Å². The standard InChI is InChI=1S/C10H16N2O3/c1-4-8-5-9(12(3)11-8)6-15-7(2)10(13)14/h5,7H,4,6H2,1-3H3,(H,13,14). The van der Waals surface area contributed by atoms with Gasteiger partial charge < -0.3 is 9.84 Å². The summed E-state index contributed by atoms with van der Waals surface area (Å²) in [5.41, 5.74) is 1.87. The average molecular weight is 212 g/mol. The number of aliphatic carboxylic acids is 1. The van der Waals surface area contributed by atoms with Gasteiger partial charge in [-0.25, -0.2) is 4.79 Å². The molecule has 5 heteroatoms. The number of nitrogens with zero attached hydrogens (tertiary/aromatic N) is 2. The molecular formula is C10H16N2O3. The second-order valence-corrected chi connectivity index (χ2v) is 3.40. The minimum Gasteiger partial charge on any atom is -0.479 e. The van der Waals surface area contributed by atoms with E-state index in [0.717, 1.165) is 17.8 Å². The molecule has 0 aliphatic heterocycles. The molecule has 1 aromatic heterocycles. The zero-order valence-corrected chi connectivity index (χ0v) is 9.23. The lowest BCUT2D eigenvalue weighted by Gasteiger charge is -2.07. The molecule has 1 atom stereocenters. The van der Waals surface area contributed by atoms with Crippen LogP contribution in [0.15, 0.2) is 6.07 Å². The summed E-state index contributed by atoms with van der Waals surface area (Å²) in [6.45, 7) is 3.81. The van der Waals surface area contributed by atoms with E-state index in [9.17, 15) is 4.79 Å². The molecule has 0 fully saturated rings. The minimum atomic E-state index is -0.951. The number of aromatic nitrogens is 2. The van der Waals surface area contributed by atoms with E-state index in [1.54, 1.807) is 4.68 Å². The Kier molecular flexibility index (Phi) is 3.85. The Morgan fingerprint density at radius 1 is 1.73 bits per heavy atom. The molecule has 5 nitrogen and oxygen atoms in total. The summed E-state index contributed by atoms with van der Waals surface area (Å²) in [5.74, 6) is -0.951. The van der Waals surface area contributed by atoms with Crippen molar-refractivity contribution in [2.45, 2.75) is 33.0 Å². The number of hydrogen-bond donors (Lipinski definition) is 1. The molecule has 1 unspecified atom stereocenters. The van der Waals surface area contributed by atoms with Crippen molar-refractivity contribution in [3.63, 3.8) is 0 Å². The molecule has 0 aliphatic rings. The van der Waals surface area contributed by atoms with Gasteiger partial charge in [0.1, 0.15) is 0 Å². The third-order valence-electron chi connectivity index (χ3n) is 2.22. The van der Waals surface area contributed by atoms with Crippen LogP contribution in [0.2, 0.25) is 0 Å². The van der Waals surface area contributed by atoms with Crippen LogP contribution in [0.4, 0.5) is 0 Å². The van der Waals surface area contributed by atoms with Gasteiger partial charge in [-0.2, -0.15) is 5.10 Å². The lowest BCUT2D eigenvalue weighted by molar-refractivity contribution is -0.150. The van der Waals surface area contributed by atoms with E-state index in [2.05, 4.69) is 5.10 Å². The topological polar surface area (TPSA) is 64.3 Å². The van der Waals surface area contributed by atoms with Crippen LogP contribution in [0.5, 0.6) is 0 Å². The fraction of sp³-hybridized carbons (Fsp3) is 0.600. The fourth-order valence-electron chi connectivity index (χ4n) is 1.16. The molecule has 0 bridgehead atoms. The fourth-order valence-corrected chi connectivity index (χ4v) is 1.16. The first-order valence-corrected chi connectivity index (χ1v) is 4.90. The molecule has 0 aromatic carbocycles. The quantitative estimate of drug-likeness (QED) is 0.790. The molecule has 0 amide bonds. The van der Waals surface area contributed by atoms with Gasteiger partial charge in [-0.1, -0.05) is 6.92 Å². The molecule has 15 heavy (non-hydrogen) atoms. The highest BCUT2D eigenvalue weighted by Gasteiger charge is 2.12. The first-order valence-electron chi connectivity index (χ1n) is 4.90. The largest absolute Gasteiger partial charge is 0.479 e. The van der Waals surface area contributed by atoms with Crippen molar-refractivity contribution in [2.75, 3.05) is 0 Å². The number of hydrogen-bond acceptors (Lipinski definition) is 3. The monoisotopic (exact) mass is 212 g/mol. The van der Waals surface area contributed by atoms with E-state index < -0.39 is 12.1 Å². The smallest absolute Gasteiger partial charge is 0.332 e. The number of rotatable bonds is 5. The molecule has 1 heterocycles. The first-order chi connectivity index (χ1) is 7.04. The average Bonchev–Trinajstić information content (AvgIpc) is 2.55. The van der Waals surface area contributed by atoms with Crippen LogP contribution >= 0.6 is 0 Å². The number of aryl methyl sites for hydroxylation is 2.